The fourth-order valence-corrected chi connectivity index (χ4v) is 5.39. The smallest absolute Gasteiger partial charge is 0.259 e. The number of halogens is 1. The number of hydrogen-bond donors (Lipinski definition) is 2. The van der Waals surface area contributed by atoms with Crippen LogP contribution in [0.25, 0.3) is 0 Å². The molecule has 2 unspecified atom stereocenters. The molecule has 2 aromatic rings. The van der Waals surface area contributed by atoms with Crippen molar-refractivity contribution in [1.29, 1.82) is 0 Å². The lowest BCUT2D eigenvalue weighted by molar-refractivity contribution is -0.150. The van der Waals surface area contributed by atoms with Crippen LogP contribution < -0.4 is 10.2 Å². The number of rotatable bonds is 5. The van der Waals surface area contributed by atoms with E-state index < -0.39 is 35.7 Å². The van der Waals surface area contributed by atoms with E-state index in [4.69, 9.17) is 9.47 Å². The topological polar surface area (TPSA) is 108 Å². The van der Waals surface area contributed by atoms with Gasteiger partial charge in [0, 0.05) is 37.6 Å². The highest BCUT2D eigenvalue weighted by atomic mass is 19.1. The minimum Gasteiger partial charge on any atom is -0.380 e. The third-order valence-corrected chi connectivity index (χ3v) is 7.54. The summed E-state index contributed by atoms with van der Waals surface area (Å²) in [7, 11) is 0. The molecular formula is C33H46FN3O6. The molecule has 0 aromatic heterocycles. The lowest BCUT2D eigenvalue weighted by Crippen LogP contribution is -2.55. The van der Waals surface area contributed by atoms with Gasteiger partial charge in [0.1, 0.15) is 5.82 Å². The van der Waals surface area contributed by atoms with Crippen LogP contribution in [0.4, 0.5) is 15.8 Å². The normalized spacial score (nSPS) is 19.3. The predicted molar refractivity (Wildman–Crippen MR) is 165 cm³/mol. The second-order valence-corrected chi connectivity index (χ2v) is 10.2. The Balaban J connectivity index is 0.00000121. The van der Waals surface area contributed by atoms with E-state index in [1.54, 1.807) is 6.07 Å². The quantitative estimate of drug-likeness (QED) is 0.481. The number of ether oxygens (including phenoxy) is 2. The van der Waals surface area contributed by atoms with Crippen molar-refractivity contribution in [2.45, 2.75) is 78.4 Å². The molecule has 3 aliphatic rings. The van der Waals surface area contributed by atoms with Gasteiger partial charge in [-0.05, 0) is 73.6 Å². The third kappa shape index (κ3) is 8.61. The van der Waals surface area contributed by atoms with Gasteiger partial charge in [0.2, 0.25) is 0 Å². The summed E-state index contributed by atoms with van der Waals surface area (Å²) in [5.74, 6) is -2.55. The molecule has 2 atom stereocenters. The molecule has 0 saturated carbocycles. The fraction of sp³-hybridized carbons (Fsp3) is 0.545. The summed E-state index contributed by atoms with van der Waals surface area (Å²) in [6.45, 7) is 9.91. The Hall–Kier alpha value is -3.34. The molecule has 3 amide bonds. The molecule has 9 nitrogen and oxygen atoms in total. The Labute approximate surface area is 254 Å². The first-order valence-electron chi connectivity index (χ1n) is 15.6. The maximum Gasteiger partial charge on any atom is 0.259 e. The first-order valence-corrected chi connectivity index (χ1v) is 15.6. The second-order valence-electron chi connectivity index (χ2n) is 10.2. The molecule has 0 spiro atoms. The number of benzene rings is 2. The van der Waals surface area contributed by atoms with Crippen LogP contribution in [0.5, 0.6) is 0 Å². The van der Waals surface area contributed by atoms with Crippen molar-refractivity contribution in [3.63, 3.8) is 0 Å². The molecule has 2 fully saturated rings. The van der Waals surface area contributed by atoms with Gasteiger partial charge in [0.15, 0.2) is 12.2 Å². The zero-order valence-corrected chi connectivity index (χ0v) is 25.9. The van der Waals surface area contributed by atoms with Crippen LogP contribution in [0.2, 0.25) is 0 Å². The maximum absolute atomic E-state index is 14.7. The van der Waals surface area contributed by atoms with Gasteiger partial charge >= 0.3 is 0 Å². The standard InChI is InChI=1S/C29H34FN3O6.2C2H6/c30-24-10-9-22(18-23(24)28(36)32-11-4-14-38-15-12-32)33-13-16-39-26(29(33)37)25(34)27(35)31-21-8-7-19-5-2-1-3-6-20(19)17-21;2*1-2/h7-10,17-18,25-26,34H,1-6,11-16H2,(H,31,35);2*1-2H3. The van der Waals surface area contributed by atoms with Crippen molar-refractivity contribution in [3.05, 3.63) is 58.9 Å². The van der Waals surface area contributed by atoms with E-state index in [1.165, 1.54) is 39.5 Å². The summed E-state index contributed by atoms with van der Waals surface area (Å²) in [6.07, 6.45) is 2.82. The molecule has 10 heteroatoms. The van der Waals surface area contributed by atoms with Gasteiger partial charge in [-0.1, -0.05) is 40.2 Å². The highest BCUT2D eigenvalue weighted by Gasteiger charge is 2.39. The highest BCUT2D eigenvalue weighted by molar-refractivity contribution is 6.04. The molecule has 2 N–H and O–H groups in total. The number of carbonyl (C=O) groups is 3. The van der Waals surface area contributed by atoms with Crippen molar-refractivity contribution in [2.75, 3.05) is 49.7 Å². The highest BCUT2D eigenvalue weighted by Crippen LogP contribution is 2.26. The maximum atomic E-state index is 14.7. The van der Waals surface area contributed by atoms with Crippen molar-refractivity contribution < 1.29 is 33.4 Å². The van der Waals surface area contributed by atoms with E-state index in [2.05, 4.69) is 5.32 Å². The van der Waals surface area contributed by atoms with Crippen LogP contribution in [-0.4, -0.2) is 79.4 Å². The van der Waals surface area contributed by atoms with Crippen molar-refractivity contribution in [1.82, 2.24) is 4.90 Å². The number of carbonyl (C=O) groups excluding carboxylic acids is 3. The van der Waals surface area contributed by atoms with E-state index in [0.29, 0.717) is 44.1 Å². The molecule has 0 radical (unpaired) electrons. The molecule has 2 heterocycles. The van der Waals surface area contributed by atoms with Gasteiger partial charge in [0.25, 0.3) is 17.7 Å². The summed E-state index contributed by atoms with van der Waals surface area (Å²) in [6, 6.07) is 9.62. The molecule has 5 rings (SSSR count). The first-order chi connectivity index (χ1) is 20.9. The third-order valence-electron chi connectivity index (χ3n) is 7.54. The number of aliphatic hydroxyl groups excluding tert-OH is 1. The van der Waals surface area contributed by atoms with Crippen molar-refractivity contribution in [2.24, 2.45) is 0 Å². The van der Waals surface area contributed by atoms with Crippen LogP contribution in [0.15, 0.2) is 36.4 Å². The van der Waals surface area contributed by atoms with Gasteiger partial charge in [0.05, 0.1) is 18.8 Å². The zero-order valence-electron chi connectivity index (χ0n) is 25.9. The molecule has 43 heavy (non-hydrogen) atoms. The molecule has 236 valence electrons. The molecular weight excluding hydrogens is 553 g/mol. The average Bonchev–Trinajstić information content (AvgIpc) is 3.46. The van der Waals surface area contributed by atoms with Crippen LogP contribution >= 0.6 is 0 Å². The predicted octanol–water partition coefficient (Wildman–Crippen LogP) is 4.74. The number of anilines is 2. The van der Waals surface area contributed by atoms with Crippen molar-refractivity contribution >= 4 is 29.1 Å². The summed E-state index contributed by atoms with van der Waals surface area (Å²) in [4.78, 5) is 42.1. The van der Waals surface area contributed by atoms with E-state index >= 15 is 0 Å². The number of amides is 3. The number of hydrogen-bond acceptors (Lipinski definition) is 6. The van der Waals surface area contributed by atoms with E-state index in [9.17, 15) is 23.9 Å². The van der Waals surface area contributed by atoms with E-state index in [1.807, 2.05) is 39.8 Å². The van der Waals surface area contributed by atoms with E-state index in [0.717, 1.165) is 31.7 Å². The zero-order chi connectivity index (χ0) is 31.4. The fourth-order valence-electron chi connectivity index (χ4n) is 5.39. The van der Waals surface area contributed by atoms with Crippen LogP contribution in [0, 0.1) is 5.82 Å². The monoisotopic (exact) mass is 599 g/mol. The van der Waals surface area contributed by atoms with Crippen LogP contribution in [0.1, 0.15) is 74.9 Å². The Morgan fingerprint density at radius 2 is 1.65 bits per heavy atom. The largest absolute Gasteiger partial charge is 0.380 e. The number of nitrogens with one attached hydrogen (secondary N) is 1. The Bertz CT molecular complexity index is 1230. The number of aryl methyl sites for hydroxylation is 2. The Morgan fingerprint density at radius 1 is 0.907 bits per heavy atom. The molecule has 2 aromatic carbocycles. The second kappa shape index (κ2) is 17.1. The average molecular weight is 600 g/mol. The summed E-state index contributed by atoms with van der Waals surface area (Å²) < 4.78 is 25.6. The molecule has 2 saturated heterocycles. The first kappa shape index (κ1) is 34.2. The molecule has 1 aliphatic carbocycles. The summed E-state index contributed by atoms with van der Waals surface area (Å²) >= 11 is 0. The number of morpholine rings is 1. The van der Waals surface area contributed by atoms with Gasteiger partial charge < -0.3 is 29.7 Å². The Kier molecular flexibility index (Phi) is 13.6. The van der Waals surface area contributed by atoms with Gasteiger partial charge in [-0.25, -0.2) is 4.39 Å². The number of fused-ring (bicyclic) bond motifs is 1. The minimum atomic E-state index is -1.75. The van der Waals surface area contributed by atoms with Crippen LogP contribution in [0.3, 0.4) is 0 Å². The lowest BCUT2D eigenvalue weighted by atomic mass is 10.0. The minimum absolute atomic E-state index is 0.0592. The summed E-state index contributed by atoms with van der Waals surface area (Å²) in [5, 5.41) is 13.5. The Morgan fingerprint density at radius 3 is 2.42 bits per heavy atom. The van der Waals surface area contributed by atoms with Gasteiger partial charge in [-0.2, -0.15) is 0 Å². The van der Waals surface area contributed by atoms with Crippen molar-refractivity contribution in [3.8, 4) is 0 Å². The number of aliphatic hydroxyl groups is 1. The molecule has 2 aliphatic heterocycles. The number of nitrogens with zero attached hydrogens (tertiary/aromatic N) is 2. The SMILES string of the molecule is CC.CC.O=C(Nc1ccc2c(c1)CCCCC2)C(O)C1OCCN(c2ccc(F)c(C(=O)N3CCCOCC3)c2)C1=O. The van der Waals surface area contributed by atoms with Gasteiger partial charge in [-0.3, -0.25) is 14.4 Å². The lowest BCUT2D eigenvalue weighted by Gasteiger charge is -2.34. The van der Waals surface area contributed by atoms with E-state index in [-0.39, 0.29) is 18.7 Å². The molecule has 0 bridgehead atoms. The van der Waals surface area contributed by atoms with Gasteiger partial charge in [-0.15, -0.1) is 0 Å². The van der Waals surface area contributed by atoms with Crippen LogP contribution in [-0.2, 0) is 31.9 Å². The summed E-state index contributed by atoms with van der Waals surface area (Å²) in [5.41, 5.74) is 3.16.